The van der Waals surface area contributed by atoms with E-state index in [2.05, 4.69) is 27.7 Å². The maximum absolute atomic E-state index is 11.9. The average Bonchev–Trinajstić information content (AvgIpc) is 2.26. The van der Waals surface area contributed by atoms with E-state index in [1.54, 1.807) is 0 Å². The smallest absolute Gasteiger partial charge is 0.142 e. The van der Waals surface area contributed by atoms with Crippen molar-refractivity contribution in [3.05, 3.63) is 0 Å². The summed E-state index contributed by atoms with van der Waals surface area (Å²) in [7, 11) is 0. The molecule has 68 valence electrons. The molecule has 0 aliphatic heterocycles. The first-order chi connectivity index (χ1) is 5.41. The normalized spacial score (nSPS) is 50.2. The van der Waals surface area contributed by atoms with Crippen molar-refractivity contribution in [2.75, 3.05) is 0 Å². The Morgan fingerprint density at radius 1 is 1.33 bits per heavy atom. The monoisotopic (exact) mass is 166 g/mol. The first kappa shape index (κ1) is 8.28. The van der Waals surface area contributed by atoms with Gasteiger partial charge in [0.1, 0.15) is 5.78 Å². The van der Waals surface area contributed by atoms with Gasteiger partial charge < -0.3 is 0 Å². The highest BCUT2D eigenvalue weighted by molar-refractivity contribution is 5.91. The molecule has 2 aliphatic rings. The van der Waals surface area contributed by atoms with E-state index in [-0.39, 0.29) is 10.8 Å². The van der Waals surface area contributed by atoms with Crippen LogP contribution in [0.3, 0.4) is 0 Å². The molecule has 2 aliphatic carbocycles. The lowest BCUT2D eigenvalue weighted by atomic mass is 9.70. The van der Waals surface area contributed by atoms with Gasteiger partial charge in [-0.25, -0.2) is 0 Å². The Bertz CT molecular complexity index is 241. The fraction of sp³-hybridized carbons (Fsp3) is 0.909. The number of carbonyl (C=O) groups is 1. The van der Waals surface area contributed by atoms with Gasteiger partial charge in [-0.15, -0.1) is 0 Å². The van der Waals surface area contributed by atoms with Gasteiger partial charge in [0.2, 0.25) is 0 Å². The lowest BCUT2D eigenvalue weighted by Gasteiger charge is -2.32. The molecule has 2 bridgehead atoms. The van der Waals surface area contributed by atoms with Gasteiger partial charge in [0.05, 0.1) is 0 Å². The quantitative estimate of drug-likeness (QED) is 0.540. The average molecular weight is 166 g/mol. The number of fused-ring (bicyclic) bond motifs is 2. The Morgan fingerprint density at radius 2 is 1.92 bits per heavy atom. The standard InChI is InChI=1S/C11H18O/c1-7-8-5-6-11(4,9(7)12)10(8,2)3/h7-8H,5-6H2,1-4H3/t7-,8-,11-/m0/s1. The Kier molecular flexibility index (Phi) is 1.34. The zero-order valence-electron chi connectivity index (χ0n) is 8.48. The third kappa shape index (κ3) is 0.605. The van der Waals surface area contributed by atoms with Crippen LogP contribution in [-0.4, -0.2) is 5.78 Å². The lowest BCUT2D eigenvalue weighted by molar-refractivity contribution is -0.131. The van der Waals surface area contributed by atoms with Crippen LogP contribution in [0.25, 0.3) is 0 Å². The van der Waals surface area contributed by atoms with Crippen LogP contribution in [0.4, 0.5) is 0 Å². The van der Waals surface area contributed by atoms with Gasteiger partial charge in [0.25, 0.3) is 0 Å². The van der Waals surface area contributed by atoms with E-state index in [9.17, 15) is 4.79 Å². The molecule has 0 amide bonds. The molecule has 0 spiro atoms. The molecule has 1 nitrogen and oxygen atoms in total. The summed E-state index contributed by atoms with van der Waals surface area (Å²) in [4.78, 5) is 11.9. The van der Waals surface area contributed by atoms with E-state index in [1.807, 2.05) is 0 Å². The molecule has 12 heavy (non-hydrogen) atoms. The molecule has 2 fully saturated rings. The fourth-order valence-corrected chi connectivity index (χ4v) is 3.54. The zero-order chi connectivity index (χ0) is 9.15. The lowest BCUT2D eigenvalue weighted by Crippen LogP contribution is -2.33. The Morgan fingerprint density at radius 3 is 2.17 bits per heavy atom. The van der Waals surface area contributed by atoms with E-state index in [1.165, 1.54) is 6.42 Å². The van der Waals surface area contributed by atoms with Crippen LogP contribution in [-0.2, 0) is 4.79 Å². The van der Waals surface area contributed by atoms with Crippen molar-refractivity contribution >= 4 is 5.78 Å². The van der Waals surface area contributed by atoms with Crippen molar-refractivity contribution in [1.29, 1.82) is 0 Å². The summed E-state index contributed by atoms with van der Waals surface area (Å²) in [6.45, 7) is 8.82. The summed E-state index contributed by atoms with van der Waals surface area (Å²) in [5.74, 6) is 1.48. The number of ketones is 1. The summed E-state index contributed by atoms with van der Waals surface area (Å²) < 4.78 is 0. The number of carbonyl (C=O) groups excluding carboxylic acids is 1. The highest BCUT2D eigenvalue weighted by Gasteiger charge is 2.64. The molecule has 0 unspecified atom stereocenters. The molecule has 0 radical (unpaired) electrons. The minimum atomic E-state index is -0.00289. The minimum absolute atomic E-state index is 0.00289. The maximum Gasteiger partial charge on any atom is 0.142 e. The SMILES string of the molecule is C[C@@H]1C(=O)[C@]2(C)CC[C@@H]1C2(C)C. The zero-order valence-corrected chi connectivity index (χ0v) is 8.48. The summed E-state index contributed by atoms with van der Waals surface area (Å²) in [5, 5.41) is 0. The van der Waals surface area contributed by atoms with Gasteiger partial charge in [-0.3, -0.25) is 4.79 Å². The number of Topliss-reactive ketones (excluding diaryl/α,β-unsaturated/α-hetero) is 1. The molecule has 0 saturated heterocycles. The molecule has 0 heterocycles. The highest BCUT2D eigenvalue weighted by atomic mass is 16.1. The molecule has 0 aromatic carbocycles. The van der Waals surface area contributed by atoms with Crippen molar-refractivity contribution in [3.8, 4) is 0 Å². The third-order valence-corrected chi connectivity index (χ3v) is 4.87. The molecule has 0 N–H and O–H groups in total. The van der Waals surface area contributed by atoms with Crippen LogP contribution >= 0.6 is 0 Å². The van der Waals surface area contributed by atoms with Crippen LogP contribution in [0.2, 0.25) is 0 Å². The number of rotatable bonds is 0. The van der Waals surface area contributed by atoms with E-state index >= 15 is 0 Å². The second kappa shape index (κ2) is 1.94. The summed E-state index contributed by atoms with van der Waals surface area (Å²) in [6, 6.07) is 0. The van der Waals surface area contributed by atoms with Crippen LogP contribution in [0.5, 0.6) is 0 Å². The third-order valence-electron chi connectivity index (χ3n) is 4.87. The van der Waals surface area contributed by atoms with Gasteiger partial charge in [-0.05, 0) is 24.2 Å². The summed E-state index contributed by atoms with van der Waals surface area (Å²) >= 11 is 0. The van der Waals surface area contributed by atoms with Crippen molar-refractivity contribution < 1.29 is 4.79 Å². The van der Waals surface area contributed by atoms with E-state index < -0.39 is 0 Å². The minimum Gasteiger partial charge on any atom is -0.299 e. The van der Waals surface area contributed by atoms with E-state index in [4.69, 9.17) is 0 Å². The second-order valence-electron chi connectivity index (χ2n) is 5.35. The van der Waals surface area contributed by atoms with E-state index in [0.717, 1.165) is 6.42 Å². The molecule has 3 atom stereocenters. The maximum atomic E-state index is 11.9. The van der Waals surface area contributed by atoms with Crippen molar-refractivity contribution in [2.24, 2.45) is 22.7 Å². The molecule has 1 heteroatoms. The van der Waals surface area contributed by atoms with Gasteiger partial charge in [-0.2, -0.15) is 0 Å². The Labute approximate surface area is 74.5 Å². The van der Waals surface area contributed by atoms with Crippen LogP contribution in [0.1, 0.15) is 40.5 Å². The molecule has 2 saturated carbocycles. The first-order valence-corrected chi connectivity index (χ1v) is 4.95. The molecular weight excluding hydrogens is 148 g/mol. The van der Waals surface area contributed by atoms with Crippen LogP contribution in [0, 0.1) is 22.7 Å². The van der Waals surface area contributed by atoms with Crippen molar-refractivity contribution in [2.45, 2.75) is 40.5 Å². The highest BCUT2D eigenvalue weighted by Crippen LogP contribution is 2.65. The first-order valence-electron chi connectivity index (χ1n) is 4.95. The molecule has 0 aromatic rings. The largest absolute Gasteiger partial charge is 0.299 e. The van der Waals surface area contributed by atoms with Gasteiger partial charge in [0, 0.05) is 11.3 Å². The molecular formula is C11H18O. The fourth-order valence-electron chi connectivity index (χ4n) is 3.54. The predicted molar refractivity (Wildman–Crippen MR) is 48.8 cm³/mol. The predicted octanol–water partition coefficient (Wildman–Crippen LogP) is 2.65. The summed E-state index contributed by atoms with van der Waals surface area (Å²) in [5.41, 5.74) is 0.251. The number of hydrogen-bond donors (Lipinski definition) is 0. The van der Waals surface area contributed by atoms with Crippen LogP contribution in [0.15, 0.2) is 0 Å². The number of hydrogen-bond acceptors (Lipinski definition) is 1. The molecule has 2 rings (SSSR count). The van der Waals surface area contributed by atoms with Gasteiger partial charge in [0.15, 0.2) is 0 Å². The Balaban J connectivity index is 2.50. The topological polar surface area (TPSA) is 17.1 Å². The van der Waals surface area contributed by atoms with E-state index in [0.29, 0.717) is 17.6 Å². The molecule has 0 aromatic heterocycles. The van der Waals surface area contributed by atoms with Crippen molar-refractivity contribution in [1.82, 2.24) is 0 Å². The Hall–Kier alpha value is -0.330. The summed E-state index contributed by atoms with van der Waals surface area (Å²) in [6.07, 6.45) is 2.38. The van der Waals surface area contributed by atoms with Gasteiger partial charge >= 0.3 is 0 Å². The van der Waals surface area contributed by atoms with Crippen molar-refractivity contribution in [3.63, 3.8) is 0 Å². The second-order valence-corrected chi connectivity index (χ2v) is 5.35. The van der Waals surface area contributed by atoms with Gasteiger partial charge in [-0.1, -0.05) is 27.7 Å². The van der Waals surface area contributed by atoms with Crippen LogP contribution < -0.4 is 0 Å².